The summed E-state index contributed by atoms with van der Waals surface area (Å²) in [4.78, 5) is 12.7. The maximum Gasteiger partial charge on any atom is 0.419 e. The number of hydrazone groups is 1. The number of nitrogens with zero attached hydrogens (tertiary/aromatic N) is 3. The van der Waals surface area contributed by atoms with Crippen LogP contribution in [0.5, 0.6) is 5.75 Å². The Kier molecular flexibility index (Phi) is 4.34. The smallest absolute Gasteiger partial charge is 0.419 e. The van der Waals surface area contributed by atoms with Gasteiger partial charge in [0.1, 0.15) is 12.4 Å². The van der Waals surface area contributed by atoms with Crippen molar-refractivity contribution in [2.45, 2.75) is 12.8 Å². The van der Waals surface area contributed by atoms with Crippen LogP contribution in [0.25, 0.3) is 0 Å². The second kappa shape index (κ2) is 6.46. The minimum absolute atomic E-state index is 0.0122. The van der Waals surface area contributed by atoms with Gasteiger partial charge in [-0.1, -0.05) is 0 Å². The molecule has 7 nitrogen and oxygen atoms in total. The van der Waals surface area contributed by atoms with Gasteiger partial charge in [-0.25, -0.2) is 5.43 Å². The molecule has 1 aliphatic rings. The predicted molar refractivity (Wildman–Crippen MR) is 81.7 cm³/mol. The van der Waals surface area contributed by atoms with Crippen LogP contribution in [0.1, 0.15) is 16.8 Å². The number of likely N-dealkylation sites (N-methyl/N-ethyl adjacent to an activating group) is 1. The van der Waals surface area contributed by atoms with Gasteiger partial charge in [-0.15, -0.1) is 0 Å². The van der Waals surface area contributed by atoms with E-state index in [1.54, 1.807) is 13.1 Å². The molecule has 0 atom stereocenters. The molecule has 2 heterocycles. The average Bonchev–Trinajstić information content (AvgIpc) is 3.05. The summed E-state index contributed by atoms with van der Waals surface area (Å²) in [5, 5.41) is 10.2. The van der Waals surface area contributed by atoms with Gasteiger partial charge in [0, 0.05) is 18.8 Å². The molecule has 3 rings (SSSR count). The monoisotopic (exact) mass is 353 g/mol. The van der Waals surface area contributed by atoms with Gasteiger partial charge in [-0.05, 0) is 24.3 Å². The third kappa shape index (κ3) is 3.73. The Hall–Kier alpha value is -3.04. The number of halogens is 3. The zero-order chi connectivity index (χ0) is 18.0. The highest BCUT2D eigenvalue weighted by atomic mass is 19.4. The van der Waals surface area contributed by atoms with Gasteiger partial charge in [-0.3, -0.25) is 9.89 Å². The summed E-state index contributed by atoms with van der Waals surface area (Å²) in [5.74, 6) is -0.388. The minimum Gasteiger partial charge on any atom is -0.487 e. The van der Waals surface area contributed by atoms with Crippen molar-refractivity contribution in [2.75, 3.05) is 13.6 Å². The van der Waals surface area contributed by atoms with Gasteiger partial charge >= 0.3 is 6.18 Å². The quantitative estimate of drug-likeness (QED) is 0.877. The van der Waals surface area contributed by atoms with E-state index in [4.69, 9.17) is 4.74 Å². The number of nitrogens with one attached hydrogen (secondary N) is 2. The van der Waals surface area contributed by atoms with Gasteiger partial charge < -0.3 is 9.64 Å². The van der Waals surface area contributed by atoms with E-state index >= 15 is 0 Å². The third-order valence-electron chi connectivity index (χ3n) is 3.51. The lowest BCUT2D eigenvalue weighted by molar-refractivity contribution is -0.139. The van der Waals surface area contributed by atoms with Crippen molar-refractivity contribution in [3.05, 3.63) is 47.3 Å². The number of H-pyrrole nitrogens is 1. The van der Waals surface area contributed by atoms with E-state index in [2.05, 4.69) is 20.7 Å². The van der Waals surface area contributed by atoms with Crippen LogP contribution in [0.2, 0.25) is 0 Å². The molecule has 0 bridgehead atoms. The highest BCUT2D eigenvalue weighted by Crippen LogP contribution is 2.37. The number of alkyl halides is 3. The molecule has 2 N–H and O–H groups in total. The lowest BCUT2D eigenvalue weighted by atomic mass is 10.1. The van der Waals surface area contributed by atoms with E-state index < -0.39 is 11.7 Å². The Labute approximate surface area is 140 Å². The summed E-state index contributed by atoms with van der Waals surface area (Å²) >= 11 is 0. The summed E-state index contributed by atoms with van der Waals surface area (Å²) in [5.41, 5.74) is 2.12. The molecule has 0 unspecified atom stereocenters. The Morgan fingerprint density at radius 3 is 2.76 bits per heavy atom. The topological polar surface area (TPSA) is 82.6 Å². The number of amides is 1. The van der Waals surface area contributed by atoms with Gasteiger partial charge in [0.15, 0.2) is 5.84 Å². The van der Waals surface area contributed by atoms with E-state index in [0.717, 1.165) is 6.07 Å². The number of aromatic amines is 1. The fourth-order valence-electron chi connectivity index (χ4n) is 2.35. The van der Waals surface area contributed by atoms with Crippen LogP contribution in [-0.4, -0.2) is 40.4 Å². The van der Waals surface area contributed by atoms with Crippen LogP contribution in [-0.2, 0) is 17.6 Å². The Morgan fingerprint density at radius 2 is 2.12 bits per heavy atom. The largest absolute Gasteiger partial charge is 0.487 e. The third-order valence-corrected chi connectivity index (χ3v) is 3.51. The Balaban J connectivity index is 1.91. The van der Waals surface area contributed by atoms with Gasteiger partial charge in [0.25, 0.3) is 5.91 Å². The summed E-state index contributed by atoms with van der Waals surface area (Å²) in [6.07, 6.45) is -3.12. The summed E-state index contributed by atoms with van der Waals surface area (Å²) in [6, 6.07) is 5.26. The maximum absolute atomic E-state index is 13.4. The van der Waals surface area contributed by atoms with Crippen molar-refractivity contribution in [3.63, 3.8) is 0 Å². The number of carbonyl (C=O) groups excluding carboxylic acids is 1. The molecule has 0 saturated heterocycles. The number of hydrogen-bond donors (Lipinski definition) is 2. The van der Waals surface area contributed by atoms with Crippen molar-refractivity contribution in [1.29, 1.82) is 0 Å². The van der Waals surface area contributed by atoms with Crippen molar-refractivity contribution in [2.24, 2.45) is 5.10 Å². The van der Waals surface area contributed by atoms with Crippen molar-refractivity contribution < 1.29 is 22.7 Å². The number of ether oxygens (including phenoxy) is 1. The molecule has 25 heavy (non-hydrogen) atoms. The molecule has 1 aromatic carbocycles. The molecule has 1 aliphatic heterocycles. The predicted octanol–water partition coefficient (Wildman–Crippen LogP) is 1.73. The highest BCUT2D eigenvalue weighted by Gasteiger charge is 2.35. The summed E-state index contributed by atoms with van der Waals surface area (Å²) < 4.78 is 45.5. The van der Waals surface area contributed by atoms with Gasteiger partial charge in [0.2, 0.25) is 0 Å². The molecule has 0 fully saturated rings. The zero-order valence-electron chi connectivity index (χ0n) is 13.1. The number of carbonyl (C=O) groups is 1. The van der Waals surface area contributed by atoms with Crippen LogP contribution in [0, 0.1) is 0 Å². The van der Waals surface area contributed by atoms with E-state index in [-0.39, 0.29) is 36.2 Å². The molecule has 1 aromatic heterocycles. The number of amidine groups is 1. The van der Waals surface area contributed by atoms with Crippen LogP contribution in [0.3, 0.4) is 0 Å². The van der Waals surface area contributed by atoms with Crippen LogP contribution >= 0.6 is 0 Å². The number of aromatic nitrogens is 2. The van der Waals surface area contributed by atoms with Crippen LogP contribution < -0.4 is 10.2 Å². The Bertz CT molecular complexity index is 802. The first-order chi connectivity index (χ1) is 11.8. The molecule has 0 aliphatic carbocycles. The molecule has 10 heteroatoms. The first-order valence-electron chi connectivity index (χ1n) is 7.25. The molecule has 0 spiro atoms. The first-order valence-corrected chi connectivity index (χ1v) is 7.25. The second-order valence-corrected chi connectivity index (χ2v) is 5.41. The van der Waals surface area contributed by atoms with Crippen molar-refractivity contribution in [1.82, 2.24) is 20.5 Å². The average molecular weight is 353 g/mol. The van der Waals surface area contributed by atoms with E-state index in [1.165, 1.54) is 23.2 Å². The molecule has 0 saturated carbocycles. The lowest BCUT2D eigenvalue weighted by Crippen LogP contribution is -2.43. The fraction of sp³-hybridized carbons (Fsp3) is 0.267. The second-order valence-electron chi connectivity index (χ2n) is 5.41. The molecule has 1 amide bonds. The van der Waals surface area contributed by atoms with E-state index in [1.807, 2.05) is 0 Å². The molecular weight excluding hydrogens is 339 g/mol. The summed E-state index contributed by atoms with van der Waals surface area (Å²) in [7, 11) is 1.58. The number of hydrogen-bond acceptors (Lipinski definition) is 5. The molecule has 132 valence electrons. The summed E-state index contributed by atoms with van der Waals surface area (Å²) in [6.45, 7) is -0.0579. The van der Waals surface area contributed by atoms with E-state index in [9.17, 15) is 18.0 Å². The normalized spacial score (nSPS) is 15.0. The SMILES string of the molecule is CN1CC(=O)NN=C1c1ccc(OCc2ccn[nH]2)c(C(F)(F)F)c1. The number of benzene rings is 1. The maximum atomic E-state index is 13.4. The number of rotatable bonds is 4. The minimum atomic E-state index is -4.60. The molecular formula is C15H14F3N5O2. The van der Waals surface area contributed by atoms with Gasteiger partial charge in [-0.2, -0.15) is 23.4 Å². The van der Waals surface area contributed by atoms with Crippen molar-refractivity contribution >= 4 is 11.7 Å². The molecule has 0 radical (unpaired) electrons. The van der Waals surface area contributed by atoms with E-state index in [0.29, 0.717) is 5.69 Å². The lowest BCUT2D eigenvalue weighted by Gasteiger charge is -2.25. The zero-order valence-corrected chi connectivity index (χ0v) is 13.1. The van der Waals surface area contributed by atoms with Crippen LogP contribution in [0.15, 0.2) is 35.6 Å². The fourth-order valence-corrected chi connectivity index (χ4v) is 2.35. The standard InChI is InChI=1S/C15H14F3N5O2/c1-23-7-13(24)21-22-14(23)9-2-3-12(11(6-9)15(16,17)18)25-8-10-4-5-19-20-10/h2-6H,7-8H2,1H3,(H,19,20)(H,21,24). The Morgan fingerprint density at radius 1 is 1.32 bits per heavy atom. The van der Waals surface area contributed by atoms with Crippen LogP contribution in [0.4, 0.5) is 13.2 Å². The molecule has 2 aromatic rings. The van der Waals surface area contributed by atoms with Crippen molar-refractivity contribution in [3.8, 4) is 5.75 Å². The highest BCUT2D eigenvalue weighted by molar-refractivity contribution is 6.02. The first kappa shape index (κ1) is 16.8. The van der Waals surface area contributed by atoms with Gasteiger partial charge in [0.05, 0.1) is 17.8 Å².